The summed E-state index contributed by atoms with van der Waals surface area (Å²) in [5, 5.41) is 3.60. The van der Waals surface area contributed by atoms with Crippen LogP contribution >= 0.6 is 11.3 Å². The van der Waals surface area contributed by atoms with Crippen LogP contribution in [0.4, 0.5) is 17.1 Å². The molecule has 3 heterocycles. The Bertz CT molecular complexity index is 2120. The highest BCUT2D eigenvalue weighted by Gasteiger charge is 2.21. The molecule has 4 heteroatoms. The van der Waals surface area contributed by atoms with Gasteiger partial charge < -0.3 is 9.32 Å². The SMILES string of the molecule is c1ccc(-c2ccc(N(c3ccc4c(c3)sc3ccccc34)c3ccnc4c3oc3ccccc34)cc2)cc1. The van der Waals surface area contributed by atoms with E-state index in [-0.39, 0.29) is 0 Å². The molecule has 0 radical (unpaired) electrons. The molecule has 0 bridgehead atoms. The van der Waals surface area contributed by atoms with Crippen molar-refractivity contribution in [3.63, 3.8) is 0 Å². The summed E-state index contributed by atoms with van der Waals surface area (Å²) in [6, 6.07) is 44.7. The van der Waals surface area contributed by atoms with Gasteiger partial charge in [0.2, 0.25) is 0 Å². The maximum atomic E-state index is 6.43. The lowest BCUT2D eigenvalue weighted by Gasteiger charge is -2.25. The van der Waals surface area contributed by atoms with Gasteiger partial charge in [-0.2, -0.15) is 0 Å². The van der Waals surface area contributed by atoms with E-state index in [0.29, 0.717) is 0 Å². The van der Waals surface area contributed by atoms with Crippen molar-refractivity contribution >= 4 is 70.6 Å². The Kier molecular flexibility index (Phi) is 5.00. The lowest BCUT2D eigenvalue weighted by Crippen LogP contribution is -2.10. The third-order valence-corrected chi connectivity index (χ3v) is 8.47. The topological polar surface area (TPSA) is 29.3 Å². The Hall–Kier alpha value is -4.93. The molecule has 0 unspecified atom stereocenters. The van der Waals surface area contributed by atoms with Gasteiger partial charge in [-0.25, -0.2) is 0 Å². The minimum absolute atomic E-state index is 0.780. The fourth-order valence-corrected chi connectivity index (χ4v) is 6.62. The van der Waals surface area contributed by atoms with E-state index >= 15 is 0 Å². The monoisotopic (exact) mass is 518 g/mol. The van der Waals surface area contributed by atoms with E-state index in [4.69, 9.17) is 9.40 Å². The van der Waals surface area contributed by atoms with Crippen LogP contribution in [0.1, 0.15) is 0 Å². The lowest BCUT2D eigenvalue weighted by atomic mass is 10.0. The number of para-hydroxylation sites is 1. The molecular weight excluding hydrogens is 496 g/mol. The van der Waals surface area contributed by atoms with Crippen LogP contribution in [0, 0.1) is 0 Å². The molecule has 0 aliphatic carbocycles. The highest BCUT2D eigenvalue weighted by molar-refractivity contribution is 7.25. The minimum atomic E-state index is 0.780. The van der Waals surface area contributed by atoms with Crippen LogP contribution in [0.25, 0.3) is 53.4 Å². The smallest absolute Gasteiger partial charge is 0.177 e. The summed E-state index contributed by atoms with van der Waals surface area (Å²) in [5.41, 5.74) is 7.97. The third kappa shape index (κ3) is 3.61. The first-order valence-electron chi connectivity index (χ1n) is 13.0. The molecule has 0 N–H and O–H groups in total. The maximum Gasteiger partial charge on any atom is 0.177 e. The summed E-state index contributed by atoms with van der Waals surface area (Å²) < 4.78 is 8.99. The molecule has 0 amide bonds. The molecule has 0 atom stereocenters. The summed E-state index contributed by atoms with van der Waals surface area (Å²) >= 11 is 1.83. The van der Waals surface area contributed by atoms with Crippen LogP contribution in [0.3, 0.4) is 0 Å². The molecule has 0 aliphatic rings. The Balaban J connectivity index is 1.35. The molecule has 39 heavy (non-hydrogen) atoms. The van der Waals surface area contributed by atoms with Crippen molar-refractivity contribution in [1.29, 1.82) is 0 Å². The Morgan fingerprint density at radius 1 is 0.564 bits per heavy atom. The first-order chi connectivity index (χ1) is 19.3. The highest BCUT2D eigenvalue weighted by atomic mass is 32.1. The van der Waals surface area contributed by atoms with Gasteiger partial charge in [-0.1, -0.05) is 78.9 Å². The fourth-order valence-electron chi connectivity index (χ4n) is 5.48. The molecule has 0 spiro atoms. The third-order valence-electron chi connectivity index (χ3n) is 7.33. The fraction of sp³-hybridized carbons (Fsp3) is 0. The normalized spacial score (nSPS) is 11.6. The Labute approximate surface area is 229 Å². The molecule has 3 nitrogen and oxygen atoms in total. The van der Waals surface area contributed by atoms with Crippen molar-refractivity contribution in [2.75, 3.05) is 4.90 Å². The van der Waals surface area contributed by atoms with Gasteiger partial charge in [0.05, 0.1) is 5.69 Å². The molecule has 5 aromatic carbocycles. The number of hydrogen-bond acceptors (Lipinski definition) is 4. The highest BCUT2D eigenvalue weighted by Crippen LogP contribution is 2.44. The van der Waals surface area contributed by atoms with Gasteiger partial charge >= 0.3 is 0 Å². The van der Waals surface area contributed by atoms with E-state index < -0.39 is 0 Å². The van der Waals surface area contributed by atoms with Gasteiger partial charge in [0, 0.05) is 43.1 Å². The number of hydrogen-bond donors (Lipinski definition) is 0. The van der Waals surface area contributed by atoms with Crippen LogP contribution < -0.4 is 4.90 Å². The zero-order valence-corrected chi connectivity index (χ0v) is 21.7. The van der Waals surface area contributed by atoms with E-state index in [9.17, 15) is 0 Å². The van der Waals surface area contributed by atoms with Crippen molar-refractivity contribution < 1.29 is 4.42 Å². The maximum absolute atomic E-state index is 6.43. The average Bonchev–Trinajstić information content (AvgIpc) is 3.57. The van der Waals surface area contributed by atoms with Crippen molar-refractivity contribution in [3.8, 4) is 11.1 Å². The van der Waals surface area contributed by atoms with Crippen LogP contribution in [-0.2, 0) is 0 Å². The van der Waals surface area contributed by atoms with E-state index in [0.717, 1.165) is 39.1 Å². The molecule has 8 aromatic rings. The molecule has 8 rings (SSSR count). The van der Waals surface area contributed by atoms with Crippen LogP contribution in [-0.4, -0.2) is 4.98 Å². The number of aromatic nitrogens is 1. The van der Waals surface area contributed by atoms with Gasteiger partial charge in [-0.3, -0.25) is 4.98 Å². The zero-order valence-electron chi connectivity index (χ0n) is 20.9. The average molecular weight is 519 g/mol. The molecule has 0 aliphatic heterocycles. The van der Waals surface area contributed by atoms with E-state index in [1.165, 1.54) is 31.3 Å². The van der Waals surface area contributed by atoms with Gasteiger partial charge in [0.25, 0.3) is 0 Å². The zero-order chi connectivity index (χ0) is 25.8. The number of nitrogens with zero attached hydrogens (tertiary/aromatic N) is 2. The molecule has 0 saturated carbocycles. The van der Waals surface area contributed by atoms with Crippen molar-refractivity contribution in [2.24, 2.45) is 0 Å². The number of pyridine rings is 1. The van der Waals surface area contributed by atoms with Crippen LogP contribution in [0.2, 0.25) is 0 Å². The number of rotatable bonds is 4. The largest absolute Gasteiger partial charge is 0.452 e. The predicted octanol–water partition coefficient (Wildman–Crippen LogP) is 10.5. The van der Waals surface area contributed by atoms with Crippen LogP contribution in [0.15, 0.2) is 138 Å². The number of thiophene rings is 1. The van der Waals surface area contributed by atoms with E-state index in [1.54, 1.807) is 0 Å². The van der Waals surface area contributed by atoms with Crippen molar-refractivity contribution in [1.82, 2.24) is 4.98 Å². The quantitative estimate of drug-likeness (QED) is 0.232. The van der Waals surface area contributed by atoms with Crippen LogP contribution in [0.5, 0.6) is 0 Å². The van der Waals surface area contributed by atoms with Crippen molar-refractivity contribution in [3.05, 3.63) is 134 Å². The first kappa shape index (κ1) is 22.1. The van der Waals surface area contributed by atoms with Gasteiger partial charge in [-0.05, 0) is 59.7 Å². The molecule has 184 valence electrons. The molecule has 0 saturated heterocycles. The number of anilines is 3. The summed E-state index contributed by atoms with van der Waals surface area (Å²) in [5.74, 6) is 0. The first-order valence-corrected chi connectivity index (χ1v) is 13.8. The lowest BCUT2D eigenvalue weighted by molar-refractivity contribution is 0.668. The second-order valence-electron chi connectivity index (χ2n) is 9.63. The standard InChI is InChI=1S/C35H22N2OS/c1-2-8-23(9-3-1)24-14-16-25(17-15-24)37(26-18-19-28-27-10-5-7-13-32(27)39-33(28)22-26)30-20-21-36-34-29-11-4-6-12-31(29)38-35(30)34/h1-22H. The summed E-state index contributed by atoms with van der Waals surface area (Å²) in [6.45, 7) is 0. The Morgan fingerprint density at radius 2 is 1.26 bits per heavy atom. The summed E-state index contributed by atoms with van der Waals surface area (Å²) in [6.07, 6.45) is 1.88. The minimum Gasteiger partial charge on any atom is -0.452 e. The van der Waals surface area contributed by atoms with Gasteiger partial charge in [-0.15, -0.1) is 11.3 Å². The second-order valence-corrected chi connectivity index (χ2v) is 10.7. The number of fused-ring (bicyclic) bond motifs is 6. The predicted molar refractivity (Wildman–Crippen MR) is 165 cm³/mol. The molecule has 0 fully saturated rings. The van der Waals surface area contributed by atoms with Gasteiger partial charge in [0.15, 0.2) is 5.58 Å². The summed E-state index contributed by atoms with van der Waals surface area (Å²) in [4.78, 5) is 7.00. The number of benzene rings is 5. The summed E-state index contributed by atoms with van der Waals surface area (Å²) in [7, 11) is 0. The molecular formula is C35H22N2OS. The number of furan rings is 1. The van der Waals surface area contributed by atoms with Crippen molar-refractivity contribution in [2.45, 2.75) is 0 Å². The van der Waals surface area contributed by atoms with E-state index in [1.807, 2.05) is 47.9 Å². The second kappa shape index (κ2) is 8.83. The van der Waals surface area contributed by atoms with Gasteiger partial charge in [0.1, 0.15) is 11.1 Å². The molecule has 3 aromatic heterocycles. The van der Waals surface area contributed by atoms with E-state index in [2.05, 4.69) is 102 Å². The Morgan fingerprint density at radius 3 is 2.13 bits per heavy atom.